The molecule has 5 nitrogen and oxygen atoms in total. The van der Waals surface area contributed by atoms with Gasteiger partial charge in [0.1, 0.15) is 5.82 Å². The monoisotopic (exact) mass is 345 g/mol. The SMILES string of the molecule is NC(=NCc1ccc(C(F)(F)F)c(F)c1)/N=C(\N)N1CCCCC1. The second-order valence-electron chi connectivity index (χ2n) is 5.50. The van der Waals surface area contributed by atoms with E-state index >= 15 is 0 Å². The predicted octanol–water partition coefficient (Wildman–Crippen LogP) is 2.46. The molecule has 0 saturated carbocycles. The lowest BCUT2D eigenvalue weighted by molar-refractivity contribution is -0.140. The number of piperidine rings is 1. The highest BCUT2D eigenvalue weighted by molar-refractivity contribution is 5.93. The van der Waals surface area contributed by atoms with Gasteiger partial charge in [-0.3, -0.25) is 0 Å². The Kier molecular flexibility index (Phi) is 5.63. The van der Waals surface area contributed by atoms with E-state index in [0.29, 0.717) is 6.07 Å². The number of hydrogen-bond acceptors (Lipinski definition) is 1. The average molecular weight is 345 g/mol. The first kappa shape index (κ1) is 18.0. The summed E-state index contributed by atoms with van der Waals surface area (Å²) in [5.74, 6) is -1.18. The fourth-order valence-electron chi connectivity index (χ4n) is 2.41. The molecule has 0 amide bonds. The summed E-state index contributed by atoms with van der Waals surface area (Å²) in [6.45, 7) is 1.51. The Labute approximate surface area is 137 Å². The molecule has 2 rings (SSSR count). The van der Waals surface area contributed by atoms with Crippen LogP contribution < -0.4 is 11.5 Å². The number of benzene rings is 1. The summed E-state index contributed by atoms with van der Waals surface area (Å²) in [6, 6.07) is 2.62. The molecule has 0 bridgehead atoms. The molecule has 0 unspecified atom stereocenters. The summed E-state index contributed by atoms with van der Waals surface area (Å²) in [6.07, 6.45) is -1.53. The van der Waals surface area contributed by atoms with Gasteiger partial charge in [-0.25, -0.2) is 9.38 Å². The fourth-order valence-corrected chi connectivity index (χ4v) is 2.41. The Bertz CT molecular complexity index is 633. The van der Waals surface area contributed by atoms with Crippen molar-refractivity contribution < 1.29 is 17.6 Å². The van der Waals surface area contributed by atoms with E-state index in [9.17, 15) is 17.6 Å². The van der Waals surface area contributed by atoms with Crippen LogP contribution in [0.5, 0.6) is 0 Å². The highest BCUT2D eigenvalue weighted by Gasteiger charge is 2.33. The maximum absolute atomic E-state index is 13.5. The quantitative estimate of drug-likeness (QED) is 0.491. The van der Waals surface area contributed by atoms with Gasteiger partial charge < -0.3 is 16.4 Å². The topological polar surface area (TPSA) is 80.0 Å². The minimum Gasteiger partial charge on any atom is -0.369 e. The molecule has 0 radical (unpaired) electrons. The van der Waals surface area contributed by atoms with Gasteiger partial charge >= 0.3 is 6.18 Å². The van der Waals surface area contributed by atoms with Crippen LogP contribution in [0.2, 0.25) is 0 Å². The maximum Gasteiger partial charge on any atom is 0.419 e. The standard InChI is InChI=1S/C15H19F4N5/c16-12-8-10(4-5-11(12)15(17,18)19)9-22-13(20)23-14(21)24-6-2-1-3-7-24/h4-5,8H,1-3,6-7,9H2,(H4,20,21,22,23). The van der Waals surface area contributed by atoms with Crippen LogP contribution >= 0.6 is 0 Å². The number of nitrogens with two attached hydrogens (primary N) is 2. The molecule has 24 heavy (non-hydrogen) atoms. The largest absolute Gasteiger partial charge is 0.419 e. The van der Waals surface area contributed by atoms with Crippen LogP contribution in [0.1, 0.15) is 30.4 Å². The zero-order chi connectivity index (χ0) is 17.7. The van der Waals surface area contributed by atoms with Gasteiger partial charge in [0, 0.05) is 13.1 Å². The molecule has 1 fully saturated rings. The average Bonchev–Trinajstić information content (AvgIpc) is 2.52. The van der Waals surface area contributed by atoms with E-state index in [-0.39, 0.29) is 24.0 Å². The van der Waals surface area contributed by atoms with Gasteiger partial charge in [-0.15, -0.1) is 0 Å². The molecule has 1 heterocycles. The normalized spacial score (nSPS) is 17.2. The molecule has 0 atom stereocenters. The number of aliphatic imine (C=N–C) groups is 2. The van der Waals surface area contributed by atoms with Gasteiger partial charge in [0.05, 0.1) is 12.1 Å². The zero-order valence-electron chi connectivity index (χ0n) is 13.0. The third-order valence-corrected chi connectivity index (χ3v) is 3.67. The van der Waals surface area contributed by atoms with Crippen LogP contribution in [0, 0.1) is 5.82 Å². The number of rotatable bonds is 2. The molecule has 0 spiro atoms. The van der Waals surface area contributed by atoms with Crippen molar-refractivity contribution in [3.8, 4) is 0 Å². The molecule has 1 aromatic rings. The van der Waals surface area contributed by atoms with Gasteiger partial charge in [-0.1, -0.05) is 6.07 Å². The van der Waals surface area contributed by atoms with E-state index < -0.39 is 17.6 Å². The summed E-state index contributed by atoms with van der Waals surface area (Å²) in [7, 11) is 0. The number of nitrogens with zero attached hydrogens (tertiary/aromatic N) is 3. The number of likely N-dealkylation sites (tertiary alicyclic amines) is 1. The molecular weight excluding hydrogens is 326 g/mol. The Hall–Kier alpha value is -2.32. The fraction of sp³-hybridized carbons (Fsp3) is 0.467. The van der Waals surface area contributed by atoms with E-state index in [2.05, 4.69) is 9.98 Å². The molecule has 1 saturated heterocycles. The zero-order valence-corrected chi connectivity index (χ0v) is 13.0. The van der Waals surface area contributed by atoms with Crippen LogP contribution in [-0.4, -0.2) is 29.9 Å². The summed E-state index contributed by atoms with van der Waals surface area (Å²) < 4.78 is 50.9. The maximum atomic E-state index is 13.5. The molecule has 132 valence electrons. The Morgan fingerprint density at radius 3 is 2.38 bits per heavy atom. The van der Waals surface area contributed by atoms with Crippen molar-refractivity contribution in [2.45, 2.75) is 32.0 Å². The predicted molar refractivity (Wildman–Crippen MR) is 83.8 cm³/mol. The highest BCUT2D eigenvalue weighted by Crippen LogP contribution is 2.31. The van der Waals surface area contributed by atoms with Gasteiger partial charge in [0.25, 0.3) is 0 Å². The van der Waals surface area contributed by atoms with E-state index in [1.54, 1.807) is 0 Å². The number of halogens is 4. The molecule has 0 aromatic heterocycles. The van der Waals surface area contributed by atoms with Crippen LogP contribution in [-0.2, 0) is 12.7 Å². The van der Waals surface area contributed by atoms with Crippen LogP contribution in [0.3, 0.4) is 0 Å². The number of hydrogen-bond donors (Lipinski definition) is 2. The van der Waals surface area contributed by atoms with E-state index in [1.807, 2.05) is 4.90 Å². The Balaban J connectivity index is 2.03. The number of guanidine groups is 2. The molecule has 9 heteroatoms. The van der Waals surface area contributed by atoms with Crippen molar-refractivity contribution in [3.05, 3.63) is 35.1 Å². The summed E-state index contributed by atoms with van der Waals surface area (Å²) >= 11 is 0. The van der Waals surface area contributed by atoms with Crippen molar-refractivity contribution in [2.75, 3.05) is 13.1 Å². The Morgan fingerprint density at radius 1 is 1.12 bits per heavy atom. The molecule has 0 aliphatic carbocycles. The third kappa shape index (κ3) is 4.84. The first-order valence-electron chi connectivity index (χ1n) is 7.52. The molecule has 1 aliphatic rings. The molecule has 4 N–H and O–H groups in total. The summed E-state index contributed by atoms with van der Waals surface area (Å²) in [5, 5.41) is 0. The van der Waals surface area contributed by atoms with Crippen molar-refractivity contribution in [1.29, 1.82) is 0 Å². The Morgan fingerprint density at radius 2 is 1.79 bits per heavy atom. The lowest BCUT2D eigenvalue weighted by Crippen LogP contribution is -2.41. The first-order chi connectivity index (χ1) is 11.3. The third-order valence-electron chi connectivity index (χ3n) is 3.67. The summed E-state index contributed by atoms with van der Waals surface area (Å²) in [5.41, 5.74) is 10.4. The van der Waals surface area contributed by atoms with Crippen LogP contribution in [0.4, 0.5) is 17.6 Å². The van der Waals surface area contributed by atoms with E-state index in [1.165, 1.54) is 0 Å². The molecule has 1 aromatic carbocycles. The summed E-state index contributed by atoms with van der Waals surface area (Å²) in [4.78, 5) is 9.78. The minimum absolute atomic E-state index is 0.0856. The van der Waals surface area contributed by atoms with Crippen molar-refractivity contribution in [1.82, 2.24) is 4.90 Å². The smallest absolute Gasteiger partial charge is 0.369 e. The van der Waals surface area contributed by atoms with Crippen LogP contribution in [0.25, 0.3) is 0 Å². The van der Waals surface area contributed by atoms with Gasteiger partial charge in [0.15, 0.2) is 5.96 Å². The lowest BCUT2D eigenvalue weighted by Gasteiger charge is -2.27. The van der Waals surface area contributed by atoms with Crippen molar-refractivity contribution in [3.63, 3.8) is 0 Å². The molecular formula is C15H19F4N5. The van der Waals surface area contributed by atoms with Crippen molar-refractivity contribution >= 4 is 11.9 Å². The lowest BCUT2D eigenvalue weighted by atomic mass is 10.1. The number of alkyl halides is 3. The minimum atomic E-state index is -4.72. The second kappa shape index (κ2) is 7.50. The molecule has 1 aliphatic heterocycles. The van der Waals surface area contributed by atoms with Crippen molar-refractivity contribution in [2.24, 2.45) is 21.5 Å². The van der Waals surface area contributed by atoms with Crippen LogP contribution in [0.15, 0.2) is 28.2 Å². The van der Waals surface area contributed by atoms with Gasteiger partial charge in [-0.2, -0.15) is 18.2 Å². The highest BCUT2D eigenvalue weighted by atomic mass is 19.4. The second-order valence-corrected chi connectivity index (χ2v) is 5.50. The van der Waals surface area contributed by atoms with Gasteiger partial charge in [0.2, 0.25) is 5.96 Å². The first-order valence-corrected chi connectivity index (χ1v) is 7.52. The van der Waals surface area contributed by atoms with E-state index in [4.69, 9.17) is 11.5 Å². The van der Waals surface area contributed by atoms with E-state index in [0.717, 1.165) is 44.5 Å². The van der Waals surface area contributed by atoms with Gasteiger partial charge in [-0.05, 0) is 37.0 Å².